The molecule has 1 unspecified atom stereocenters. The van der Waals surface area contributed by atoms with Crippen molar-refractivity contribution in [3.05, 3.63) is 65.1 Å². The Bertz CT molecular complexity index is 1480. The maximum absolute atomic E-state index is 13.6. The maximum atomic E-state index is 13.6. The molecule has 1 atom stereocenters. The van der Waals surface area contributed by atoms with Crippen molar-refractivity contribution in [3.63, 3.8) is 0 Å². The Morgan fingerprint density at radius 2 is 2.06 bits per heavy atom. The van der Waals surface area contributed by atoms with E-state index in [0.29, 0.717) is 22.4 Å². The van der Waals surface area contributed by atoms with E-state index in [0.717, 1.165) is 9.75 Å². The zero-order valence-corrected chi connectivity index (χ0v) is 18.5. The minimum absolute atomic E-state index is 0.0377. The van der Waals surface area contributed by atoms with Gasteiger partial charge in [-0.25, -0.2) is 14.6 Å². The molecular weight excluding hydrogens is 471 g/mol. The normalized spacial score (nSPS) is 12.9. The largest absolute Gasteiger partial charge is 0.435 e. The third-order valence-corrected chi connectivity index (χ3v) is 6.12. The number of imidazole rings is 1. The lowest BCUT2D eigenvalue weighted by Gasteiger charge is -2.14. The van der Waals surface area contributed by atoms with E-state index in [-0.39, 0.29) is 16.9 Å². The van der Waals surface area contributed by atoms with E-state index in [2.05, 4.69) is 35.8 Å². The number of nitrogens with one attached hydrogen (secondary N) is 2. The van der Waals surface area contributed by atoms with Crippen LogP contribution in [-0.4, -0.2) is 45.5 Å². The fourth-order valence-corrected chi connectivity index (χ4v) is 4.36. The van der Waals surface area contributed by atoms with E-state index < -0.39 is 23.8 Å². The van der Waals surface area contributed by atoms with Gasteiger partial charge in [0.25, 0.3) is 5.91 Å². The first-order valence-corrected chi connectivity index (χ1v) is 10.8. The van der Waals surface area contributed by atoms with Gasteiger partial charge in [-0.15, -0.1) is 16.4 Å². The molecule has 5 aromatic rings. The van der Waals surface area contributed by atoms with E-state index in [1.54, 1.807) is 17.5 Å². The number of hydrogen-bond donors (Lipinski definition) is 2. The summed E-state index contributed by atoms with van der Waals surface area (Å²) in [6.45, 7) is 3.64. The minimum atomic E-state index is -4.71. The maximum Gasteiger partial charge on any atom is 0.435 e. The number of amides is 1. The van der Waals surface area contributed by atoms with Gasteiger partial charge in [0, 0.05) is 11.1 Å². The molecule has 5 aromatic heterocycles. The summed E-state index contributed by atoms with van der Waals surface area (Å²) in [5, 5.41) is 16.3. The van der Waals surface area contributed by atoms with Crippen LogP contribution in [0.3, 0.4) is 0 Å². The summed E-state index contributed by atoms with van der Waals surface area (Å²) < 4.78 is 43.0. The Morgan fingerprint density at radius 1 is 1.24 bits per heavy atom. The van der Waals surface area contributed by atoms with Crippen LogP contribution in [0.2, 0.25) is 0 Å². The van der Waals surface area contributed by atoms with Gasteiger partial charge in [-0.3, -0.25) is 14.3 Å². The summed E-state index contributed by atoms with van der Waals surface area (Å²) in [6.07, 6.45) is 0.309. The van der Waals surface area contributed by atoms with Crippen molar-refractivity contribution in [2.24, 2.45) is 0 Å². The molecule has 0 aliphatic heterocycles. The van der Waals surface area contributed by atoms with Crippen LogP contribution in [0.25, 0.3) is 21.9 Å². The quantitative estimate of drug-likeness (QED) is 0.391. The molecule has 0 bridgehead atoms. The first-order chi connectivity index (χ1) is 16.2. The van der Waals surface area contributed by atoms with Gasteiger partial charge in [-0.1, -0.05) is 5.21 Å². The fraction of sp³-hybridized carbons (Fsp3) is 0.200. The Morgan fingerprint density at radius 3 is 2.74 bits per heavy atom. The van der Waals surface area contributed by atoms with Gasteiger partial charge in [0.1, 0.15) is 17.8 Å². The average Bonchev–Trinajstić information content (AvgIpc) is 3.58. The molecule has 5 rings (SSSR count). The molecule has 0 saturated carbocycles. The molecule has 14 heteroatoms. The number of H-pyrrole nitrogens is 1. The van der Waals surface area contributed by atoms with E-state index in [1.807, 2.05) is 19.1 Å². The molecule has 34 heavy (non-hydrogen) atoms. The second-order valence-electron chi connectivity index (χ2n) is 7.46. The number of halogens is 3. The van der Waals surface area contributed by atoms with E-state index in [4.69, 9.17) is 0 Å². The van der Waals surface area contributed by atoms with Gasteiger partial charge in [0.15, 0.2) is 11.3 Å². The van der Waals surface area contributed by atoms with Crippen molar-refractivity contribution in [2.75, 3.05) is 0 Å². The summed E-state index contributed by atoms with van der Waals surface area (Å²) >= 11 is 1.50. The van der Waals surface area contributed by atoms with E-state index >= 15 is 0 Å². The predicted octanol–water partition coefficient (Wildman–Crippen LogP) is 3.58. The summed E-state index contributed by atoms with van der Waals surface area (Å²) in [5.74, 6) is -0.0922. The molecule has 1 amide bonds. The van der Waals surface area contributed by atoms with Crippen LogP contribution in [0.5, 0.6) is 0 Å². The van der Waals surface area contributed by atoms with Crippen molar-refractivity contribution < 1.29 is 18.0 Å². The van der Waals surface area contributed by atoms with Gasteiger partial charge in [-0.2, -0.15) is 18.3 Å². The van der Waals surface area contributed by atoms with Crippen LogP contribution in [0.1, 0.15) is 39.7 Å². The van der Waals surface area contributed by atoms with Crippen LogP contribution >= 0.6 is 11.3 Å². The fourth-order valence-electron chi connectivity index (χ4n) is 3.48. The van der Waals surface area contributed by atoms with Crippen molar-refractivity contribution in [3.8, 4) is 16.3 Å². The Kier molecular flexibility index (Phi) is 5.16. The number of nitrogens with zero attached hydrogens (tertiary/aromatic N) is 7. The molecule has 0 spiro atoms. The molecule has 0 aromatic carbocycles. The van der Waals surface area contributed by atoms with Crippen molar-refractivity contribution >= 4 is 22.9 Å². The van der Waals surface area contributed by atoms with Crippen molar-refractivity contribution in [1.29, 1.82) is 0 Å². The number of aromatic nitrogens is 8. The van der Waals surface area contributed by atoms with E-state index in [1.165, 1.54) is 29.9 Å². The molecule has 174 valence electrons. The molecule has 0 fully saturated rings. The number of carbonyl (C=O) groups excluding carboxylic acids is 1. The standard InChI is InChI=1S/C20H16F3N9OS/c1-10-3-4-15(34-10)14-6-24-18-13(32-16(7-26-30-32)20(21,22)23)5-12(8-31(14)18)19(33)28-11(2)17-25-9-27-29-17/h3-9,11H,1-2H3,(H,28,33)(H,25,27,29). The van der Waals surface area contributed by atoms with Crippen LogP contribution in [0, 0.1) is 6.92 Å². The number of thiophene rings is 1. The van der Waals surface area contributed by atoms with E-state index in [9.17, 15) is 18.0 Å². The first kappa shape index (κ1) is 21.8. The van der Waals surface area contributed by atoms with Gasteiger partial charge >= 0.3 is 6.18 Å². The summed E-state index contributed by atoms with van der Waals surface area (Å²) in [6, 6.07) is 4.60. The van der Waals surface area contributed by atoms with Gasteiger partial charge < -0.3 is 5.32 Å². The Balaban J connectivity index is 1.67. The second kappa shape index (κ2) is 8.06. The zero-order chi connectivity index (χ0) is 24.0. The smallest absolute Gasteiger partial charge is 0.342 e. The third-order valence-electron chi connectivity index (χ3n) is 5.10. The molecule has 0 radical (unpaired) electrons. The van der Waals surface area contributed by atoms with Crippen LogP contribution in [-0.2, 0) is 6.18 Å². The number of aryl methyl sites for hydroxylation is 1. The lowest BCUT2D eigenvalue weighted by atomic mass is 10.2. The number of carbonyl (C=O) groups is 1. The molecule has 10 nitrogen and oxygen atoms in total. The van der Waals surface area contributed by atoms with Gasteiger partial charge in [-0.05, 0) is 32.0 Å². The molecule has 0 saturated heterocycles. The Hall–Kier alpha value is -4.07. The minimum Gasteiger partial charge on any atom is -0.342 e. The predicted molar refractivity (Wildman–Crippen MR) is 115 cm³/mol. The monoisotopic (exact) mass is 487 g/mol. The molecular formula is C20H16F3N9OS. The second-order valence-corrected chi connectivity index (χ2v) is 8.74. The Labute approximate surface area is 193 Å². The SMILES string of the molecule is Cc1ccc(-c2cnc3c(-n4nncc4C(F)(F)F)cc(C(=O)NC(C)c4ncn[nH]4)cn23)s1. The van der Waals surface area contributed by atoms with Crippen LogP contribution < -0.4 is 5.32 Å². The molecule has 0 aliphatic rings. The third kappa shape index (κ3) is 3.81. The summed E-state index contributed by atoms with van der Waals surface area (Å²) in [7, 11) is 0. The van der Waals surface area contributed by atoms with Gasteiger partial charge in [0.05, 0.1) is 34.6 Å². The summed E-state index contributed by atoms with van der Waals surface area (Å²) in [4.78, 5) is 23.4. The molecule has 5 heterocycles. The van der Waals surface area contributed by atoms with Gasteiger partial charge in [0.2, 0.25) is 0 Å². The lowest BCUT2D eigenvalue weighted by Crippen LogP contribution is -2.28. The highest BCUT2D eigenvalue weighted by molar-refractivity contribution is 7.15. The van der Waals surface area contributed by atoms with Crippen molar-refractivity contribution in [1.82, 2.24) is 44.9 Å². The first-order valence-electron chi connectivity index (χ1n) is 9.94. The lowest BCUT2D eigenvalue weighted by molar-refractivity contribution is -0.142. The van der Waals surface area contributed by atoms with Crippen LogP contribution in [0.4, 0.5) is 13.2 Å². The number of fused-ring (bicyclic) bond motifs is 1. The number of pyridine rings is 1. The molecule has 0 aliphatic carbocycles. The number of rotatable bonds is 5. The van der Waals surface area contributed by atoms with Crippen molar-refractivity contribution in [2.45, 2.75) is 26.1 Å². The zero-order valence-electron chi connectivity index (χ0n) is 17.7. The highest BCUT2D eigenvalue weighted by atomic mass is 32.1. The topological polar surface area (TPSA) is 119 Å². The highest BCUT2D eigenvalue weighted by Crippen LogP contribution is 2.33. The number of aromatic amines is 1. The highest BCUT2D eigenvalue weighted by Gasteiger charge is 2.37. The van der Waals surface area contributed by atoms with Crippen LogP contribution in [0.15, 0.2) is 43.1 Å². The number of alkyl halides is 3. The molecule has 2 N–H and O–H groups in total. The number of hydrogen-bond acceptors (Lipinski definition) is 7. The summed E-state index contributed by atoms with van der Waals surface area (Å²) in [5.41, 5.74) is -0.203. The average molecular weight is 487 g/mol.